The summed E-state index contributed by atoms with van der Waals surface area (Å²) in [4.78, 5) is 22.5. The van der Waals surface area contributed by atoms with Crippen molar-refractivity contribution >= 4 is 11.9 Å². The second-order valence-electron chi connectivity index (χ2n) is 4.70. The van der Waals surface area contributed by atoms with Gasteiger partial charge in [-0.3, -0.25) is 4.79 Å². The van der Waals surface area contributed by atoms with Gasteiger partial charge in [0.25, 0.3) is 0 Å². The molecule has 1 amide bonds. The Bertz CT molecular complexity index is 577. The van der Waals surface area contributed by atoms with Crippen molar-refractivity contribution in [3.8, 4) is 0 Å². The summed E-state index contributed by atoms with van der Waals surface area (Å²) < 4.78 is 37.4. The van der Waals surface area contributed by atoms with Crippen LogP contribution in [0.15, 0.2) is 35.9 Å². The lowest BCUT2D eigenvalue weighted by molar-refractivity contribution is -0.137. The number of carbonyl (C=O) groups is 2. The van der Waals surface area contributed by atoms with Crippen LogP contribution in [0.1, 0.15) is 37.4 Å². The number of amides is 1. The van der Waals surface area contributed by atoms with Crippen LogP contribution in [0, 0.1) is 0 Å². The Kier molecular flexibility index (Phi) is 5.73. The fourth-order valence-corrected chi connectivity index (χ4v) is 1.81. The smallest absolute Gasteiger partial charge is 0.416 e. The summed E-state index contributed by atoms with van der Waals surface area (Å²) in [5, 5.41) is 11.4. The van der Waals surface area contributed by atoms with Crippen LogP contribution in [0.2, 0.25) is 0 Å². The molecular weight excluding hydrogens is 299 g/mol. The Hall–Kier alpha value is -2.31. The number of hydrogen-bond acceptors (Lipinski definition) is 2. The van der Waals surface area contributed by atoms with E-state index in [-0.39, 0.29) is 12.0 Å². The van der Waals surface area contributed by atoms with Crippen molar-refractivity contribution in [2.24, 2.45) is 0 Å². The summed E-state index contributed by atoms with van der Waals surface area (Å²) in [7, 11) is 0. The van der Waals surface area contributed by atoms with Gasteiger partial charge in [-0.25, -0.2) is 4.79 Å². The van der Waals surface area contributed by atoms with Gasteiger partial charge in [-0.1, -0.05) is 18.2 Å². The summed E-state index contributed by atoms with van der Waals surface area (Å²) in [6, 6.07) is 3.91. The number of carboxylic acids is 1. The monoisotopic (exact) mass is 315 g/mol. The molecule has 0 aromatic heterocycles. The summed E-state index contributed by atoms with van der Waals surface area (Å²) >= 11 is 0. The van der Waals surface area contributed by atoms with Crippen LogP contribution in [-0.4, -0.2) is 17.0 Å². The molecule has 0 saturated carbocycles. The van der Waals surface area contributed by atoms with E-state index in [2.05, 4.69) is 5.32 Å². The average Bonchev–Trinajstić information content (AvgIpc) is 2.43. The number of carboxylic acid groups (broad SMARTS) is 1. The molecular formula is C15H16F3NO3. The Labute approximate surface area is 125 Å². The quantitative estimate of drug-likeness (QED) is 0.819. The highest BCUT2D eigenvalue weighted by molar-refractivity contribution is 5.94. The first-order chi connectivity index (χ1) is 10.1. The molecule has 1 unspecified atom stereocenters. The molecule has 0 radical (unpaired) electrons. The van der Waals surface area contributed by atoms with Gasteiger partial charge in [-0.15, -0.1) is 0 Å². The van der Waals surface area contributed by atoms with Crippen molar-refractivity contribution in [3.05, 3.63) is 47.0 Å². The van der Waals surface area contributed by atoms with Crippen LogP contribution in [0.4, 0.5) is 13.2 Å². The standard InChI is InChI=1S/C15H16F3NO3/c1-3-10(14(21)22)8-13(20)19-9(2)11-4-6-12(7-5-11)15(16,17)18/h3-7,9H,8H2,1-2H3,(H,19,20)(H,21,22)/b10-3+. The fraction of sp³-hybridized carbons (Fsp3) is 0.333. The van der Waals surface area contributed by atoms with Crippen LogP contribution in [0.25, 0.3) is 0 Å². The molecule has 1 aromatic rings. The molecule has 4 nitrogen and oxygen atoms in total. The van der Waals surface area contributed by atoms with E-state index >= 15 is 0 Å². The molecule has 2 N–H and O–H groups in total. The highest BCUT2D eigenvalue weighted by Crippen LogP contribution is 2.29. The number of benzene rings is 1. The molecule has 1 rings (SSSR count). The van der Waals surface area contributed by atoms with E-state index in [9.17, 15) is 22.8 Å². The lowest BCUT2D eigenvalue weighted by Gasteiger charge is -2.15. The molecule has 0 aliphatic rings. The van der Waals surface area contributed by atoms with E-state index < -0.39 is 29.7 Å². The van der Waals surface area contributed by atoms with Gasteiger partial charge < -0.3 is 10.4 Å². The topological polar surface area (TPSA) is 66.4 Å². The minimum atomic E-state index is -4.41. The van der Waals surface area contributed by atoms with Crippen LogP contribution in [-0.2, 0) is 15.8 Å². The normalized spacial score (nSPS) is 13.6. The first kappa shape index (κ1) is 17.7. The van der Waals surface area contributed by atoms with Crippen molar-refractivity contribution in [3.63, 3.8) is 0 Å². The molecule has 120 valence electrons. The van der Waals surface area contributed by atoms with Crippen LogP contribution < -0.4 is 5.32 Å². The molecule has 7 heteroatoms. The largest absolute Gasteiger partial charge is 0.478 e. The number of aliphatic carboxylic acids is 1. The number of halogens is 3. The van der Waals surface area contributed by atoms with Crippen molar-refractivity contribution in [2.45, 2.75) is 32.5 Å². The van der Waals surface area contributed by atoms with E-state index in [4.69, 9.17) is 5.11 Å². The predicted molar refractivity (Wildman–Crippen MR) is 74.0 cm³/mol. The number of carbonyl (C=O) groups excluding carboxylic acids is 1. The van der Waals surface area contributed by atoms with Crippen LogP contribution >= 0.6 is 0 Å². The molecule has 0 spiro atoms. The Morgan fingerprint density at radius 3 is 2.23 bits per heavy atom. The zero-order valence-electron chi connectivity index (χ0n) is 12.1. The number of rotatable bonds is 5. The SMILES string of the molecule is C/C=C(\CC(=O)NC(C)c1ccc(C(F)(F)F)cc1)C(=O)O. The molecule has 0 saturated heterocycles. The number of nitrogens with one attached hydrogen (secondary N) is 1. The van der Waals surface area contributed by atoms with E-state index in [0.717, 1.165) is 12.1 Å². The van der Waals surface area contributed by atoms with Crippen molar-refractivity contribution in [1.82, 2.24) is 5.32 Å². The molecule has 0 fully saturated rings. The van der Waals surface area contributed by atoms with Crippen molar-refractivity contribution in [2.75, 3.05) is 0 Å². The van der Waals surface area contributed by atoms with Crippen molar-refractivity contribution < 1.29 is 27.9 Å². The van der Waals surface area contributed by atoms with Gasteiger partial charge in [0.2, 0.25) is 5.91 Å². The fourth-order valence-electron chi connectivity index (χ4n) is 1.81. The number of alkyl halides is 3. The van der Waals surface area contributed by atoms with Gasteiger partial charge in [0.05, 0.1) is 18.0 Å². The van der Waals surface area contributed by atoms with Crippen molar-refractivity contribution in [1.29, 1.82) is 0 Å². The van der Waals surface area contributed by atoms with Gasteiger partial charge in [0, 0.05) is 5.57 Å². The van der Waals surface area contributed by atoms with Crippen LogP contribution in [0.5, 0.6) is 0 Å². The summed E-state index contributed by atoms with van der Waals surface area (Å²) in [6.07, 6.45) is -3.38. The lowest BCUT2D eigenvalue weighted by Crippen LogP contribution is -2.27. The summed E-state index contributed by atoms with van der Waals surface area (Å²) in [6.45, 7) is 3.12. The molecule has 0 bridgehead atoms. The van der Waals surface area contributed by atoms with E-state index in [1.165, 1.54) is 25.1 Å². The minimum absolute atomic E-state index is 0.0443. The Morgan fingerprint density at radius 1 is 1.27 bits per heavy atom. The Balaban J connectivity index is 2.71. The Morgan fingerprint density at radius 2 is 1.82 bits per heavy atom. The summed E-state index contributed by atoms with van der Waals surface area (Å²) in [5.41, 5.74) is -0.312. The van der Waals surface area contributed by atoms with Gasteiger partial charge in [0.15, 0.2) is 0 Å². The molecule has 0 heterocycles. The molecule has 1 atom stereocenters. The number of allylic oxidation sites excluding steroid dienone is 1. The maximum absolute atomic E-state index is 12.5. The minimum Gasteiger partial charge on any atom is -0.478 e. The second-order valence-corrected chi connectivity index (χ2v) is 4.70. The molecule has 1 aromatic carbocycles. The van der Waals surface area contributed by atoms with E-state index in [0.29, 0.717) is 5.56 Å². The van der Waals surface area contributed by atoms with E-state index in [1.54, 1.807) is 6.92 Å². The van der Waals surface area contributed by atoms with Gasteiger partial charge in [-0.2, -0.15) is 13.2 Å². The van der Waals surface area contributed by atoms with Gasteiger partial charge in [-0.05, 0) is 31.5 Å². The first-order valence-electron chi connectivity index (χ1n) is 6.50. The third kappa shape index (κ3) is 4.91. The van der Waals surface area contributed by atoms with E-state index in [1.807, 2.05) is 0 Å². The number of hydrogen-bond donors (Lipinski definition) is 2. The van der Waals surface area contributed by atoms with Crippen LogP contribution in [0.3, 0.4) is 0 Å². The van der Waals surface area contributed by atoms with Gasteiger partial charge in [0.1, 0.15) is 0 Å². The predicted octanol–water partition coefficient (Wildman–Crippen LogP) is 3.30. The lowest BCUT2D eigenvalue weighted by atomic mass is 10.1. The molecule has 0 aliphatic carbocycles. The first-order valence-corrected chi connectivity index (χ1v) is 6.50. The zero-order valence-corrected chi connectivity index (χ0v) is 12.1. The average molecular weight is 315 g/mol. The third-order valence-electron chi connectivity index (χ3n) is 3.09. The highest BCUT2D eigenvalue weighted by atomic mass is 19.4. The highest BCUT2D eigenvalue weighted by Gasteiger charge is 2.30. The van der Waals surface area contributed by atoms with Gasteiger partial charge >= 0.3 is 12.1 Å². The zero-order chi connectivity index (χ0) is 16.9. The molecule has 0 aliphatic heterocycles. The maximum atomic E-state index is 12.5. The maximum Gasteiger partial charge on any atom is 0.416 e. The third-order valence-corrected chi connectivity index (χ3v) is 3.09. The summed E-state index contributed by atoms with van der Waals surface area (Å²) in [5.74, 6) is -1.69. The molecule has 22 heavy (non-hydrogen) atoms. The second kappa shape index (κ2) is 7.11.